The highest BCUT2D eigenvalue weighted by Gasteiger charge is 2.19. The summed E-state index contributed by atoms with van der Waals surface area (Å²) < 4.78 is 5.14. The van der Waals surface area contributed by atoms with Gasteiger partial charge in [-0.1, -0.05) is 0 Å². The molecule has 2 rings (SSSR count). The van der Waals surface area contributed by atoms with Crippen molar-refractivity contribution in [3.05, 3.63) is 24.3 Å². The topological polar surface area (TPSA) is 58.6 Å². The third-order valence-corrected chi connectivity index (χ3v) is 3.19. The number of rotatable bonds is 4. The maximum Gasteiger partial charge on any atom is 0.219 e. The standard InChI is InChI=1S/C14H20N4O2/c1-3-20-11-5-13-15-6-4-14(16-13)18-9-7-17(8-10-18)12(2)19/h4-6,11H,3,7-10H2,1-2H3/b11-5+. The first-order valence-corrected chi connectivity index (χ1v) is 6.82. The highest BCUT2D eigenvalue weighted by Crippen LogP contribution is 2.13. The van der Waals surface area contributed by atoms with Crippen molar-refractivity contribution in [2.24, 2.45) is 0 Å². The number of ether oxygens (including phenoxy) is 1. The second-order valence-electron chi connectivity index (χ2n) is 4.52. The minimum absolute atomic E-state index is 0.132. The third kappa shape index (κ3) is 3.69. The molecular weight excluding hydrogens is 256 g/mol. The first kappa shape index (κ1) is 14.3. The fourth-order valence-corrected chi connectivity index (χ4v) is 2.08. The van der Waals surface area contributed by atoms with Gasteiger partial charge in [0.05, 0.1) is 12.9 Å². The zero-order valence-corrected chi connectivity index (χ0v) is 12.0. The molecule has 0 bridgehead atoms. The van der Waals surface area contributed by atoms with E-state index in [4.69, 9.17) is 4.74 Å². The van der Waals surface area contributed by atoms with E-state index in [9.17, 15) is 4.79 Å². The molecule has 6 heteroatoms. The van der Waals surface area contributed by atoms with Crippen molar-refractivity contribution in [1.82, 2.24) is 14.9 Å². The van der Waals surface area contributed by atoms with E-state index in [0.29, 0.717) is 12.4 Å². The van der Waals surface area contributed by atoms with Gasteiger partial charge in [-0.05, 0) is 13.0 Å². The summed E-state index contributed by atoms with van der Waals surface area (Å²) in [5, 5.41) is 0. The van der Waals surface area contributed by atoms with Crippen LogP contribution in [0.5, 0.6) is 0 Å². The van der Waals surface area contributed by atoms with E-state index in [2.05, 4.69) is 14.9 Å². The fourth-order valence-electron chi connectivity index (χ4n) is 2.08. The van der Waals surface area contributed by atoms with Gasteiger partial charge in [-0.3, -0.25) is 4.79 Å². The molecule has 6 nitrogen and oxygen atoms in total. The van der Waals surface area contributed by atoms with Crippen molar-refractivity contribution in [3.8, 4) is 0 Å². The molecule has 1 aliphatic heterocycles. The highest BCUT2D eigenvalue weighted by atomic mass is 16.5. The average Bonchev–Trinajstić information content (AvgIpc) is 2.48. The maximum atomic E-state index is 11.3. The summed E-state index contributed by atoms with van der Waals surface area (Å²) in [6.07, 6.45) is 5.09. The molecule has 20 heavy (non-hydrogen) atoms. The van der Waals surface area contributed by atoms with Crippen LogP contribution < -0.4 is 4.90 Å². The van der Waals surface area contributed by atoms with E-state index >= 15 is 0 Å². The van der Waals surface area contributed by atoms with Gasteiger partial charge < -0.3 is 14.5 Å². The zero-order valence-electron chi connectivity index (χ0n) is 12.0. The highest BCUT2D eigenvalue weighted by molar-refractivity contribution is 5.73. The summed E-state index contributed by atoms with van der Waals surface area (Å²) in [6.45, 7) is 7.24. The van der Waals surface area contributed by atoms with Gasteiger partial charge in [-0.15, -0.1) is 0 Å². The Morgan fingerprint density at radius 2 is 2.15 bits per heavy atom. The predicted octanol–water partition coefficient (Wildman–Crippen LogP) is 1.15. The smallest absolute Gasteiger partial charge is 0.219 e. The first-order chi connectivity index (χ1) is 9.70. The maximum absolute atomic E-state index is 11.3. The van der Waals surface area contributed by atoms with E-state index in [1.165, 1.54) is 0 Å². The Labute approximate surface area is 119 Å². The van der Waals surface area contributed by atoms with Crippen molar-refractivity contribution in [2.75, 3.05) is 37.7 Å². The van der Waals surface area contributed by atoms with Gasteiger partial charge in [-0.25, -0.2) is 9.97 Å². The van der Waals surface area contributed by atoms with Gasteiger partial charge >= 0.3 is 0 Å². The quantitative estimate of drug-likeness (QED) is 0.772. The van der Waals surface area contributed by atoms with Crippen LogP contribution in [-0.4, -0.2) is 53.6 Å². The summed E-state index contributed by atoms with van der Waals surface area (Å²) >= 11 is 0. The summed E-state index contributed by atoms with van der Waals surface area (Å²) in [6, 6.07) is 1.89. The second kappa shape index (κ2) is 6.88. The van der Waals surface area contributed by atoms with Gasteiger partial charge in [0.2, 0.25) is 5.91 Å². The fraction of sp³-hybridized carbons (Fsp3) is 0.500. The van der Waals surface area contributed by atoms with Crippen LogP contribution in [0, 0.1) is 0 Å². The van der Waals surface area contributed by atoms with Crippen LogP contribution in [0.2, 0.25) is 0 Å². The molecule has 1 aliphatic rings. The Bertz CT molecular complexity index is 482. The molecule has 0 aliphatic carbocycles. The largest absolute Gasteiger partial charge is 0.501 e. The van der Waals surface area contributed by atoms with Crippen LogP contribution >= 0.6 is 0 Å². The molecule has 0 N–H and O–H groups in total. The monoisotopic (exact) mass is 276 g/mol. The molecule has 1 aromatic rings. The van der Waals surface area contributed by atoms with Crippen LogP contribution in [0.15, 0.2) is 18.5 Å². The van der Waals surface area contributed by atoms with Gasteiger partial charge in [0.1, 0.15) is 5.82 Å². The Morgan fingerprint density at radius 1 is 1.40 bits per heavy atom. The Hall–Kier alpha value is -2.11. The van der Waals surface area contributed by atoms with Crippen molar-refractivity contribution in [1.29, 1.82) is 0 Å². The molecule has 1 saturated heterocycles. The number of amides is 1. The number of carbonyl (C=O) groups is 1. The van der Waals surface area contributed by atoms with E-state index in [-0.39, 0.29) is 5.91 Å². The summed E-state index contributed by atoms with van der Waals surface area (Å²) in [5.74, 6) is 1.65. The SMILES string of the molecule is CCO/C=C/c1nccc(N2CCN(C(C)=O)CC2)n1. The van der Waals surface area contributed by atoms with E-state index in [1.54, 1.807) is 25.5 Å². The molecule has 0 saturated carbocycles. The predicted molar refractivity (Wildman–Crippen MR) is 77.2 cm³/mol. The van der Waals surface area contributed by atoms with Crippen LogP contribution in [0.4, 0.5) is 5.82 Å². The first-order valence-electron chi connectivity index (χ1n) is 6.82. The minimum atomic E-state index is 0.132. The summed E-state index contributed by atoms with van der Waals surface area (Å²) in [5.41, 5.74) is 0. The molecule has 0 unspecified atom stereocenters. The number of anilines is 1. The van der Waals surface area contributed by atoms with E-state index in [1.807, 2.05) is 17.9 Å². The number of nitrogens with zero attached hydrogens (tertiary/aromatic N) is 4. The number of carbonyl (C=O) groups excluding carboxylic acids is 1. The average molecular weight is 276 g/mol. The van der Waals surface area contributed by atoms with Crippen molar-refractivity contribution >= 4 is 17.8 Å². The van der Waals surface area contributed by atoms with Crippen LogP contribution in [0.1, 0.15) is 19.7 Å². The van der Waals surface area contributed by atoms with E-state index in [0.717, 1.165) is 32.0 Å². The van der Waals surface area contributed by atoms with Crippen LogP contribution in [0.3, 0.4) is 0 Å². The molecule has 1 amide bonds. The molecule has 0 atom stereocenters. The molecule has 108 valence electrons. The Balaban J connectivity index is 1.99. The molecule has 0 aromatic carbocycles. The molecule has 0 spiro atoms. The number of aromatic nitrogens is 2. The molecule has 1 aromatic heterocycles. The van der Waals surface area contributed by atoms with Crippen LogP contribution in [-0.2, 0) is 9.53 Å². The Kier molecular flexibility index (Phi) is 4.92. The number of hydrogen-bond donors (Lipinski definition) is 0. The van der Waals surface area contributed by atoms with Crippen LogP contribution in [0.25, 0.3) is 6.08 Å². The second-order valence-corrected chi connectivity index (χ2v) is 4.52. The summed E-state index contributed by atoms with van der Waals surface area (Å²) in [7, 11) is 0. The van der Waals surface area contributed by atoms with Gasteiger partial charge in [0.25, 0.3) is 0 Å². The lowest BCUT2D eigenvalue weighted by atomic mass is 10.3. The summed E-state index contributed by atoms with van der Waals surface area (Å²) in [4.78, 5) is 24.0. The molecule has 2 heterocycles. The van der Waals surface area contributed by atoms with Gasteiger partial charge in [0, 0.05) is 45.4 Å². The van der Waals surface area contributed by atoms with Crippen molar-refractivity contribution < 1.29 is 9.53 Å². The molecule has 1 fully saturated rings. The van der Waals surface area contributed by atoms with E-state index < -0.39 is 0 Å². The lowest BCUT2D eigenvalue weighted by molar-refractivity contribution is -0.129. The lowest BCUT2D eigenvalue weighted by Crippen LogP contribution is -2.48. The van der Waals surface area contributed by atoms with Crippen molar-refractivity contribution in [3.63, 3.8) is 0 Å². The zero-order chi connectivity index (χ0) is 14.4. The number of piperazine rings is 1. The lowest BCUT2D eigenvalue weighted by Gasteiger charge is -2.34. The normalized spacial score (nSPS) is 15.7. The minimum Gasteiger partial charge on any atom is -0.501 e. The molecular formula is C14H20N4O2. The third-order valence-electron chi connectivity index (χ3n) is 3.19. The van der Waals surface area contributed by atoms with Gasteiger partial charge in [-0.2, -0.15) is 0 Å². The van der Waals surface area contributed by atoms with Crippen molar-refractivity contribution in [2.45, 2.75) is 13.8 Å². The Morgan fingerprint density at radius 3 is 2.80 bits per heavy atom. The molecule has 0 radical (unpaired) electrons. The van der Waals surface area contributed by atoms with Gasteiger partial charge in [0.15, 0.2) is 5.82 Å². The number of hydrogen-bond acceptors (Lipinski definition) is 5.